The zero-order valence-electron chi connectivity index (χ0n) is 11.2. The molecule has 1 heterocycles. The number of amides is 1. The van der Waals surface area contributed by atoms with E-state index in [0.29, 0.717) is 11.9 Å². The fraction of sp³-hybridized carbons (Fsp3) is 0.929. The Balaban J connectivity index is 1.92. The first-order valence-electron chi connectivity index (χ1n) is 7.18. The first-order chi connectivity index (χ1) is 8.16. The molecular formula is C14H26N2O. The average molecular weight is 238 g/mol. The van der Waals surface area contributed by atoms with Gasteiger partial charge in [0.15, 0.2) is 0 Å². The molecule has 0 aromatic rings. The van der Waals surface area contributed by atoms with Crippen LogP contribution in [0.25, 0.3) is 0 Å². The number of hydrogen-bond donors (Lipinski definition) is 2. The summed E-state index contributed by atoms with van der Waals surface area (Å²) in [5.41, 5.74) is -0.135. The van der Waals surface area contributed by atoms with Crippen LogP contribution in [0.5, 0.6) is 0 Å². The Bertz CT molecular complexity index is 271. The molecule has 0 aromatic carbocycles. The van der Waals surface area contributed by atoms with Gasteiger partial charge >= 0.3 is 0 Å². The molecule has 1 saturated heterocycles. The predicted molar refractivity (Wildman–Crippen MR) is 69.8 cm³/mol. The highest BCUT2D eigenvalue weighted by atomic mass is 16.2. The van der Waals surface area contributed by atoms with Crippen molar-refractivity contribution in [1.29, 1.82) is 0 Å². The molecule has 0 spiro atoms. The van der Waals surface area contributed by atoms with E-state index in [0.717, 1.165) is 38.3 Å². The van der Waals surface area contributed by atoms with Crippen molar-refractivity contribution in [3.8, 4) is 0 Å². The second-order valence-corrected chi connectivity index (χ2v) is 6.00. The van der Waals surface area contributed by atoms with Crippen molar-refractivity contribution >= 4 is 5.91 Å². The normalized spacial score (nSPS) is 38.0. The SMILES string of the molecule is CCC1(C(=O)NC2CCC(C)C2)CCCNC1. The minimum Gasteiger partial charge on any atom is -0.353 e. The molecule has 1 saturated carbocycles. The van der Waals surface area contributed by atoms with Crippen LogP contribution < -0.4 is 10.6 Å². The Labute approximate surface area is 105 Å². The summed E-state index contributed by atoms with van der Waals surface area (Å²) in [5.74, 6) is 1.08. The van der Waals surface area contributed by atoms with Crippen LogP contribution in [0.4, 0.5) is 0 Å². The summed E-state index contributed by atoms with van der Waals surface area (Å²) in [7, 11) is 0. The number of piperidine rings is 1. The molecule has 1 amide bonds. The van der Waals surface area contributed by atoms with Gasteiger partial charge in [0.25, 0.3) is 0 Å². The molecule has 2 aliphatic rings. The van der Waals surface area contributed by atoms with Gasteiger partial charge in [-0.15, -0.1) is 0 Å². The Morgan fingerprint density at radius 1 is 1.47 bits per heavy atom. The van der Waals surface area contributed by atoms with Gasteiger partial charge in [0, 0.05) is 12.6 Å². The van der Waals surface area contributed by atoms with E-state index in [1.807, 2.05) is 0 Å². The molecule has 3 atom stereocenters. The van der Waals surface area contributed by atoms with E-state index in [1.165, 1.54) is 19.3 Å². The highest BCUT2D eigenvalue weighted by Crippen LogP contribution is 2.32. The fourth-order valence-electron chi connectivity index (χ4n) is 3.30. The Morgan fingerprint density at radius 3 is 2.82 bits per heavy atom. The van der Waals surface area contributed by atoms with Crippen LogP contribution in [0, 0.1) is 11.3 Å². The van der Waals surface area contributed by atoms with Gasteiger partial charge in [0.1, 0.15) is 0 Å². The third-order valence-corrected chi connectivity index (χ3v) is 4.66. The van der Waals surface area contributed by atoms with Crippen LogP contribution in [0.2, 0.25) is 0 Å². The number of hydrogen-bond acceptors (Lipinski definition) is 2. The summed E-state index contributed by atoms with van der Waals surface area (Å²) in [6.45, 7) is 6.35. The smallest absolute Gasteiger partial charge is 0.227 e. The van der Waals surface area contributed by atoms with Crippen LogP contribution in [-0.2, 0) is 4.79 Å². The molecule has 1 aliphatic heterocycles. The largest absolute Gasteiger partial charge is 0.353 e. The van der Waals surface area contributed by atoms with Crippen molar-refractivity contribution in [2.45, 2.75) is 58.4 Å². The zero-order valence-corrected chi connectivity index (χ0v) is 11.2. The van der Waals surface area contributed by atoms with E-state index in [1.54, 1.807) is 0 Å². The minimum atomic E-state index is -0.135. The molecule has 17 heavy (non-hydrogen) atoms. The van der Waals surface area contributed by atoms with Gasteiger partial charge in [0.2, 0.25) is 5.91 Å². The van der Waals surface area contributed by atoms with E-state index in [9.17, 15) is 4.79 Å². The molecule has 3 heteroatoms. The second kappa shape index (κ2) is 5.38. The van der Waals surface area contributed by atoms with Crippen LogP contribution in [0.3, 0.4) is 0 Å². The third kappa shape index (κ3) is 2.82. The predicted octanol–water partition coefficient (Wildman–Crippen LogP) is 2.07. The Kier molecular flexibility index (Phi) is 4.08. The van der Waals surface area contributed by atoms with Crippen molar-refractivity contribution in [2.75, 3.05) is 13.1 Å². The molecule has 0 aromatic heterocycles. The molecule has 0 bridgehead atoms. The number of nitrogens with one attached hydrogen (secondary N) is 2. The lowest BCUT2D eigenvalue weighted by Gasteiger charge is -2.36. The van der Waals surface area contributed by atoms with Gasteiger partial charge in [-0.2, -0.15) is 0 Å². The van der Waals surface area contributed by atoms with Crippen molar-refractivity contribution in [2.24, 2.45) is 11.3 Å². The number of carbonyl (C=O) groups is 1. The molecule has 0 radical (unpaired) electrons. The number of carbonyl (C=O) groups excluding carboxylic acids is 1. The maximum Gasteiger partial charge on any atom is 0.227 e. The monoisotopic (exact) mass is 238 g/mol. The van der Waals surface area contributed by atoms with Gasteiger partial charge in [0.05, 0.1) is 5.41 Å². The molecule has 2 fully saturated rings. The maximum absolute atomic E-state index is 12.5. The van der Waals surface area contributed by atoms with E-state index in [-0.39, 0.29) is 5.41 Å². The highest BCUT2D eigenvalue weighted by Gasteiger charge is 2.39. The average Bonchev–Trinajstić information content (AvgIpc) is 2.75. The Hall–Kier alpha value is -0.570. The summed E-state index contributed by atoms with van der Waals surface area (Å²) < 4.78 is 0. The molecular weight excluding hydrogens is 212 g/mol. The quantitative estimate of drug-likeness (QED) is 0.790. The van der Waals surface area contributed by atoms with Gasteiger partial charge in [-0.05, 0) is 51.0 Å². The summed E-state index contributed by atoms with van der Waals surface area (Å²) >= 11 is 0. The molecule has 2 N–H and O–H groups in total. The van der Waals surface area contributed by atoms with Gasteiger partial charge in [-0.1, -0.05) is 13.8 Å². The summed E-state index contributed by atoms with van der Waals surface area (Å²) in [6.07, 6.45) is 6.72. The summed E-state index contributed by atoms with van der Waals surface area (Å²) in [6, 6.07) is 0.433. The van der Waals surface area contributed by atoms with Crippen LogP contribution >= 0.6 is 0 Å². The molecule has 1 aliphatic carbocycles. The van der Waals surface area contributed by atoms with Gasteiger partial charge in [-0.3, -0.25) is 4.79 Å². The minimum absolute atomic E-state index is 0.135. The molecule has 3 nitrogen and oxygen atoms in total. The molecule has 98 valence electrons. The topological polar surface area (TPSA) is 41.1 Å². The zero-order chi connectivity index (χ0) is 12.3. The summed E-state index contributed by atoms with van der Waals surface area (Å²) in [5, 5.41) is 6.67. The van der Waals surface area contributed by atoms with E-state index in [4.69, 9.17) is 0 Å². The second-order valence-electron chi connectivity index (χ2n) is 6.00. The van der Waals surface area contributed by atoms with Crippen molar-refractivity contribution in [3.05, 3.63) is 0 Å². The van der Waals surface area contributed by atoms with Crippen molar-refractivity contribution in [3.63, 3.8) is 0 Å². The fourth-order valence-corrected chi connectivity index (χ4v) is 3.30. The van der Waals surface area contributed by atoms with E-state index in [2.05, 4.69) is 24.5 Å². The van der Waals surface area contributed by atoms with Crippen molar-refractivity contribution < 1.29 is 4.79 Å². The first-order valence-corrected chi connectivity index (χ1v) is 7.18. The molecule has 2 rings (SSSR count). The van der Waals surface area contributed by atoms with Gasteiger partial charge < -0.3 is 10.6 Å². The lowest BCUT2D eigenvalue weighted by molar-refractivity contribution is -0.133. The standard InChI is InChI=1S/C14H26N2O/c1-3-14(7-4-8-15-10-14)13(17)16-12-6-5-11(2)9-12/h11-12,15H,3-10H2,1-2H3,(H,16,17). The highest BCUT2D eigenvalue weighted by molar-refractivity contribution is 5.83. The first kappa shape index (κ1) is 12.9. The number of rotatable bonds is 3. The van der Waals surface area contributed by atoms with Crippen molar-refractivity contribution in [1.82, 2.24) is 10.6 Å². The lowest BCUT2D eigenvalue weighted by atomic mass is 9.77. The van der Waals surface area contributed by atoms with E-state index >= 15 is 0 Å². The van der Waals surface area contributed by atoms with Gasteiger partial charge in [-0.25, -0.2) is 0 Å². The molecule has 3 unspecified atom stereocenters. The van der Waals surface area contributed by atoms with Crippen LogP contribution in [-0.4, -0.2) is 25.0 Å². The van der Waals surface area contributed by atoms with Crippen LogP contribution in [0.15, 0.2) is 0 Å². The Morgan fingerprint density at radius 2 is 2.29 bits per heavy atom. The lowest BCUT2D eigenvalue weighted by Crippen LogP contribution is -2.52. The third-order valence-electron chi connectivity index (χ3n) is 4.66. The van der Waals surface area contributed by atoms with Crippen LogP contribution in [0.1, 0.15) is 52.4 Å². The maximum atomic E-state index is 12.5. The summed E-state index contributed by atoms with van der Waals surface area (Å²) in [4.78, 5) is 12.5. The van der Waals surface area contributed by atoms with E-state index < -0.39 is 0 Å².